The van der Waals surface area contributed by atoms with Crippen LogP contribution in [-0.2, 0) is 11.8 Å². The Morgan fingerprint density at radius 2 is 1.53 bits per heavy atom. The van der Waals surface area contributed by atoms with Crippen LogP contribution < -0.4 is 5.43 Å². The lowest BCUT2D eigenvalue weighted by molar-refractivity contribution is 0.590. The maximum atomic E-state index is 4.71. The highest BCUT2D eigenvalue weighted by Gasteiger charge is 2.13. The van der Waals surface area contributed by atoms with Crippen LogP contribution in [0.15, 0.2) is 89.3 Å². The molecule has 3 aromatic carbocycles. The number of rotatable bonds is 6. The van der Waals surface area contributed by atoms with E-state index in [2.05, 4.69) is 116 Å². The number of nitrogens with one attached hydrogen (secondary N) is 1. The van der Waals surface area contributed by atoms with Gasteiger partial charge < -0.3 is 0 Å². The highest BCUT2D eigenvalue weighted by atomic mass is 32.1. The van der Waals surface area contributed by atoms with Gasteiger partial charge in [-0.1, -0.05) is 99.6 Å². The van der Waals surface area contributed by atoms with Crippen molar-refractivity contribution in [3.05, 3.63) is 106 Å². The molecule has 0 bridgehead atoms. The summed E-state index contributed by atoms with van der Waals surface area (Å²) in [6.45, 7) is 8.68. The lowest BCUT2D eigenvalue weighted by atomic mass is 9.86. The van der Waals surface area contributed by atoms with E-state index in [1.54, 1.807) is 11.3 Å². The van der Waals surface area contributed by atoms with Crippen molar-refractivity contribution in [2.24, 2.45) is 5.10 Å². The fourth-order valence-electron chi connectivity index (χ4n) is 3.49. The van der Waals surface area contributed by atoms with Crippen LogP contribution in [0.4, 0.5) is 5.13 Å². The molecule has 162 valence electrons. The second-order valence-electron chi connectivity index (χ2n) is 9.03. The molecule has 4 aromatic rings. The monoisotopic (exact) mass is 439 g/mol. The summed E-state index contributed by atoms with van der Waals surface area (Å²) < 4.78 is 0. The summed E-state index contributed by atoms with van der Waals surface area (Å²) in [5.41, 5.74) is 11.3. The van der Waals surface area contributed by atoms with E-state index in [1.165, 1.54) is 16.7 Å². The largest absolute Gasteiger partial charge is 0.252 e. The molecule has 0 unspecified atom stereocenters. The molecule has 1 aromatic heterocycles. The van der Waals surface area contributed by atoms with Gasteiger partial charge >= 0.3 is 0 Å². The standard InChI is InChI=1S/C28H29N3S/c1-20(23-14-16-25(17-15-23)28(2,3)4)30-31-27-29-26(19-32-27)24-12-10-22(11-13-24)18-21-8-6-5-7-9-21/h5-17,19H,18H2,1-4H3,(H,29,31)/b30-20+. The first-order valence-corrected chi connectivity index (χ1v) is 11.8. The third-order valence-corrected chi connectivity index (χ3v) is 6.24. The van der Waals surface area contributed by atoms with Crippen LogP contribution in [0.1, 0.15) is 49.9 Å². The smallest absolute Gasteiger partial charge is 0.203 e. The van der Waals surface area contributed by atoms with Crippen LogP contribution in [0.3, 0.4) is 0 Å². The number of nitrogens with zero attached hydrogens (tertiary/aromatic N) is 2. The maximum absolute atomic E-state index is 4.71. The molecule has 0 spiro atoms. The van der Waals surface area contributed by atoms with Crippen molar-refractivity contribution in [3.8, 4) is 11.3 Å². The van der Waals surface area contributed by atoms with Crippen LogP contribution in [0.5, 0.6) is 0 Å². The van der Waals surface area contributed by atoms with Gasteiger partial charge in [0.25, 0.3) is 0 Å². The van der Waals surface area contributed by atoms with E-state index in [-0.39, 0.29) is 5.41 Å². The van der Waals surface area contributed by atoms with E-state index in [0.717, 1.165) is 34.1 Å². The molecule has 0 aliphatic rings. The molecule has 32 heavy (non-hydrogen) atoms. The van der Waals surface area contributed by atoms with Crippen molar-refractivity contribution in [2.45, 2.75) is 39.5 Å². The zero-order valence-corrected chi connectivity index (χ0v) is 19.9. The van der Waals surface area contributed by atoms with Crippen LogP contribution in [-0.4, -0.2) is 10.7 Å². The molecule has 0 atom stereocenters. The number of thiazole rings is 1. The van der Waals surface area contributed by atoms with Gasteiger partial charge in [-0.25, -0.2) is 4.98 Å². The summed E-state index contributed by atoms with van der Waals surface area (Å²) in [6, 6.07) is 27.8. The highest BCUT2D eigenvalue weighted by Crippen LogP contribution is 2.26. The number of hydrazone groups is 1. The summed E-state index contributed by atoms with van der Waals surface area (Å²) in [5, 5.41) is 7.40. The number of hydrogen-bond acceptors (Lipinski definition) is 4. The van der Waals surface area contributed by atoms with E-state index >= 15 is 0 Å². The minimum Gasteiger partial charge on any atom is -0.252 e. The molecule has 0 saturated carbocycles. The first-order valence-electron chi connectivity index (χ1n) is 10.9. The lowest BCUT2D eigenvalue weighted by Crippen LogP contribution is -2.11. The lowest BCUT2D eigenvalue weighted by Gasteiger charge is -2.19. The van der Waals surface area contributed by atoms with Gasteiger partial charge in [0.1, 0.15) is 0 Å². The van der Waals surface area contributed by atoms with Gasteiger partial charge in [-0.05, 0) is 41.0 Å². The molecule has 0 aliphatic carbocycles. The first-order chi connectivity index (χ1) is 15.4. The molecule has 0 fully saturated rings. The van der Waals surface area contributed by atoms with E-state index < -0.39 is 0 Å². The van der Waals surface area contributed by atoms with E-state index in [0.29, 0.717) is 0 Å². The fourth-order valence-corrected chi connectivity index (χ4v) is 4.15. The van der Waals surface area contributed by atoms with Crippen LogP contribution in [0.25, 0.3) is 11.3 Å². The molecular formula is C28H29N3S. The summed E-state index contributed by atoms with van der Waals surface area (Å²) in [6.07, 6.45) is 0.940. The van der Waals surface area contributed by atoms with Gasteiger partial charge in [-0.3, -0.25) is 5.43 Å². The third-order valence-electron chi connectivity index (χ3n) is 5.49. The maximum Gasteiger partial charge on any atom is 0.203 e. The van der Waals surface area contributed by atoms with E-state index in [9.17, 15) is 0 Å². The topological polar surface area (TPSA) is 37.3 Å². The van der Waals surface area contributed by atoms with Gasteiger partial charge in [0.2, 0.25) is 5.13 Å². The zero-order valence-electron chi connectivity index (χ0n) is 19.1. The molecule has 0 radical (unpaired) electrons. The summed E-state index contributed by atoms with van der Waals surface area (Å²) in [7, 11) is 0. The van der Waals surface area contributed by atoms with Gasteiger partial charge in [0.05, 0.1) is 11.4 Å². The van der Waals surface area contributed by atoms with Crippen LogP contribution in [0.2, 0.25) is 0 Å². The summed E-state index contributed by atoms with van der Waals surface area (Å²) in [4.78, 5) is 4.71. The van der Waals surface area contributed by atoms with E-state index in [4.69, 9.17) is 4.98 Å². The Labute approximate surface area is 194 Å². The average molecular weight is 440 g/mol. The zero-order chi connectivity index (χ0) is 22.6. The molecule has 0 saturated heterocycles. The minimum atomic E-state index is 0.152. The Morgan fingerprint density at radius 1 is 0.875 bits per heavy atom. The van der Waals surface area contributed by atoms with Gasteiger partial charge in [-0.2, -0.15) is 5.10 Å². The fraction of sp³-hybridized carbons (Fsp3) is 0.214. The summed E-state index contributed by atoms with van der Waals surface area (Å²) in [5.74, 6) is 0. The average Bonchev–Trinajstić information content (AvgIpc) is 3.27. The predicted octanol–water partition coefficient (Wildman–Crippen LogP) is 7.53. The van der Waals surface area contributed by atoms with Gasteiger partial charge in [0, 0.05) is 10.9 Å². The summed E-state index contributed by atoms with van der Waals surface area (Å²) >= 11 is 1.56. The quantitative estimate of drug-likeness (QED) is 0.249. The Hall–Kier alpha value is -3.24. The van der Waals surface area contributed by atoms with Crippen molar-refractivity contribution in [3.63, 3.8) is 0 Å². The molecule has 3 nitrogen and oxygen atoms in total. The Bertz CT molecular complexity index is 1180. The van der Waals surface area contributed by atoms with Crippen LogP contribution >= 0.6 is 11.3 Å². The molecule has 0 aliphatic heterocycles. The Morgan fingerprint density at radius 3 is 2.19 bits per heavy atom. The Balaban J connectivity index is 1.40. The number of aromatic nitrogens is 1. The SMILES string of the molecule is C/C(=N\Nc1nc(-c2ccc(Cc3ccccc3)cc2)cs1)c1ccc(C(C)(C)C)cc1. The van der Waals surface area contributed by atoms with Gasteiger partial charge in [-0.15, -0.1) is 11.3 Å². The molecule has 0 amide bonds. The second-order valence-corrected chi connectivity index (χ2v) is 9.89. The van der Waals surface area contributed by atoms with Crippen molar-refractivity contribution >= 4 is 22.2 Å². The van der Waals surface area contributed by atoms with E-state index in [1.807, 2.05) is 6.92 Å². The molecule has 1 heterocycles. The van der Waals surface area contributed by atoms with Crippen molar-refractivity contribution < 1.29 is 0 Å². The third kappa shape index (κ3) is 5.51. The van der Waals surface area contributed by atoms with Crippen molar-refractivity contribution in [1.29, 1.82) is 0 Å². The molecular weight excluding hydrogens is 410 g/mol. The normalized spacial score (nSPS) is 12.1. The van der Waals surface area contributed by atoms with Gasteiger partial charge in [0.15, 0.2) is 0 Å². The van der Waals surface area contributed by atoms with Crippen molar-refractivity contribution in [1.82, 2.24) is 4.98 Å². The number of anilines is 1. The second kappa shape index (κ2) is 9.49. The van der Waals surface area contributed by atoms with Crippen LogP contribution in [0, 0.1) is 0 Å². The first kappa shape index (κ1) is 22.0. The molecule has 4 rings (SSSR count). The minimum absolute atomic E-state index is 0.152. The molecule has 4 heteroatoms. The van der Waals surface area contributed by atoms with Crippen molar-refractivity contribution in [2.75, 3.05) is 5.43 Å². The number of hydrogen-bond donors (Lipinski definition) is 1. The molecule has 1 N–H and O–H groups in total. The predicted molar refractivity (Wildman–Crippen MR) is 138 cm³/mol. The Kier molecular flexibility index (Phi) is 6.52. The highest BCUT2D eigenvalue weighted by molar-refractivity contribution is 7.14. The number of benzene rings is 3.